The molecule has 1 aromatic carbocycles. The lowest BCUT2D eigenvalue weighted by Gasteiger charge is -2.34. The number of aromatic nitrogens is 4. The van der Waals surface area contributed by atoms with Crippen molar-refractivity contribution in [2.24, 2.45) is 0 Å². The number of benzene rings is 1. The summed E-state index contributed by atoms with van der Waals surface area (Å²) in [6, 6.07) is 8.95. The lowest BCUT2D eigenvalue weighted by Crippen LogP contribution is -2.43. The molecule has 3 aromatic heterocycles. The summed E-state index contributed by atoms with van der Waals surface area (Å²) < 4.78 is 47.9. The first-order valence-electron chi connectivity index (χ1n) is 14.2. The summed E-state index contributed by atoms with van der Waals surface area (Å²) in [5.74, 6) is -1.24. The number of nitrogens with one attached hydrogen (secondary N) is 1. The second-order valence-electron chi connectivity index (χ2n) is 11.5. The maximum atomic E-state index is 14.0. The number of aliphatic hydroxyl groups excluding tert-OH is 1. The van der Waals surface area contributed by atoms with Crippen LogP contribution in [0.1, 0.15) is 50.8 Å². The Morgan fingerprint density at radius 3 is 2.52 bits per heavy atom. The molecule has 10 nitrogen and oxygen atoms in total. The Balaban J connectivity index is 0.00000104. The fraction of sp³-hybridized carbons (Fsp3) is 0.448. The molecule has 236 valence electrons. The number of hydrogen-bond acceptors (Lipinski definition) is 7. The number of rotatable bonds is 6. The normalized spacial score (nSPS) is 14.3. The van der Waals surface area contributed by atoms with Crippen molar-refractivity contribution in [1.82, 2.24) is 24.1 Å². The van der Waals surface area contributed by atoms with E-state index in [0.29, 0.717) is 53.9 Å². The van der Waals surface area contributed by atoms with Gasteiger partial charge >= 0.3 is 17.4 Å². The smallest absolute Gasteiger partial charge is 0.444 e. The molecule has 0 radical (unpaired) electrons. The predicted octanol–water partition coefficient (Wildman–Crippen LogP) is 5.82. The van der Waals surface area contributed by atoms with Gasteiger partial charge in [-0.1, -0.05) is 24.0 Å². The average molecular weight is 743 g/mol. The topological polar surface area (TPSA) is 114 Å². The fourth-order valence-corrected chi connectivity index (χ4v) is 4.90. The van der Waals surface area contributed by atoms with Crippen LogP contribution >= 0.6 is 20.3 Å². The molecule has 4 aromatic rings. The van der Waals surface area contributed by atoms with Gasteiger partial charge < -0.3 is 28.2 Å². The number of fused-ring (bicyclic) bond motifs is 3. The van der Waals surface area contributed by atoms with E-state index in [1.807, 2.05) is 41.0 Å². The number of carbonyl (C=O) groups excluding carboxylic acids is 1. The molecule has 0 unspecified atom stereocenters. The molecule has 0 bridgehead atoms. The molecule has 5 rings (SSSR count). The van der Waals surface area contributed by atoms with E-state index < -0.39 is 29.5 Å². The number of anilines is 1. The zero-order valence-electron chi connectivity index (χ0n) is 24.9. The molecule has 1 saturated heterocycles. The van der Waals surface area contributed by atoms with Gasteiger partial charge in [0.05, 0.1) is 17.1 Å². The Labute approximate surface area is 268 Å². The molecule has 0 atom stereocenters. The monoisotopic (exact) mass is 742 g/mol. The van der Waals surface area contributed by atoms with Crippen LogP contribution in [-0.2, 0) is 17.2 Å². The Morgan fingerprint density at radius 1 is 1.20 bits per heavy atom. The highest BCUT2D eigenvalue weighted by molar-refractivity contribution is 14.1. The molecule has 44 heavy (non-hydrogen) atoms. The van der Waals surface area contributed by atoms with Crippen molar-refractivity contribution in [1.29, 1.82) is 0 Å². The van der Waals surface area contributed by atoms with Gasteiger partial charge in [-0.15, -0.1) is 0 Å². The molecular formula is C29H35AlF3IN6O4. The number of carbonyl (C=O) groups is 1. The molecule has 2 N–H and O–H groups in total. The molecular weight excluding hydrogens is 707 g/mol. The molecule has 1 aliphatic rings. The summed E-state index contributed by atoms with van der Waals surface area (Å²) in [7, 11) is 0. The van der Waals surface area contributed by atoms with Crippen molar-refractivity contribution < 1.29 is 26.9 Å². The number of pyridine rings is 1. The van der Waals surface area contributed by atoms with Crippen LogP contribution in [0.25, 0.3) is 16.6 Å². The number of hydrogen-bond donors (Lipinski definition) is 2. The van der Waals surface area contributed by atoms with Crippen molar-refractivity contribution in [3.8, 4) is 0 Å². The Hall–Kier alpha value is -2.87. The first-order valence-corrected chi connectivity index (χ1v) is 19.9. The highest BCUT2D eigenvalue weighted by Gasteiger charge is 2.31. The summed E-state index contributed by atoms with van der Waals surface area (Å²) in [5.41, 5.74) is 0.611. The predicted molar refractivity (Wildman–Crippen MR) is 172 cm³/mol. The zero-order chi connectivity index (χ0) is 32.2. The van der Waals surface area contributed by atoms with Crippen molar-refractivity contribution in [2.45, 2.75) is 63.5 Å². The van der Waals surface area contributed by atoms with E-state index in [-0.39, 0.29) is 29.8 Å². The number of alkyl halides is 2. The Morgan fingerprint density at radius 2 is 1.89 bits per heavy atom. The highest BCUT2D eigenvalue weighted by atomic mass is 127. The van der Waals surface area contributed by atoms with Crippen LogP contribution in [0.2, 0.25) is 5.79 Å². The van der Waals surface area contributed by atoms with Gasteiger partial charge in [0.25, 0.3) is 11.5 Å². The minimum atomic E-state index is -3.34. The number of amides is 1. The molecule has 1 fully saturated rings. The van der Waals surface area contributed by atoms with Gasteiger partial charge in [-0.3, -0.25) is 4.79 Å². The summed E-state index contributed by atoms with van der Waals surface area (Å²) in [6.07, 6.45) is 4.13. The standard InChI is InChI=1S/C28H32F2N6O4.CH3.Al.FH.HI/c1-27(2,3)40-26(39)34-11-8-20(9-12-34)35-16-21-22(14-24(35)38)36-23(7-10-32-36)33-25(21)31-15-18-5-4-6-19(13-18)28(29,30)17-37;;;;/h4-7,10,13-14,16,20,37H,8-9,11-12,15,17H2,1-3H3,(H,31,33);1H3;;2*1H/q;;+2;;/p-2. The maximum absolute atomic E-state index is 14.0. The van der Waals surface area contributed by atoms with Gasteiger partial charge in [0, 0.05) is 49.6 Å². The molecule has 4 heterocycles. The van der Waals surface area contributed by atoms with Gasteiger partial charge in [0.15, 0.2) is 5.65 Å². The van der Waals surface area contributed by atoms with Crippen LogP contribution in [0.5, 0.6) is 0 Å². The number of nitrogens with zero attached hydrogens (tertiary/aromatic N) is 5. The fourth-order valence-electron chi connectivity index (χ4n) is 4.90. The van der Waals surface area contributed by atoms with E-state index in [1.54, 1.807) is 44.3 Å². The van der Waals surface area contributed by atoms with Crippen molar-refractivity contribution >= 4 is 60.1 Å². The maximum Gasteiger partial charge on any atom is 0.594 e. The van der Waals surface area contributed by atoms with Crippen molar-refractivity contribution in [3.05, 3.63) is 70.3 Å². The van der Waals surface area contributed by atoms with E-state index in [2.05, 4.69) is 15.4 Å². The van der Waals surface area contributed by atoms with Gasteiger partial charge in [0.1, 0.15) is 18.0 Å². The lowest BCUT2D eigenvalue weighted by molar-refractivity contribution is -0.0556. The molecule has 0 aliphatic carbocycles. The summed E-state index contributed by atoms with van der Waals surface area (Å²) >= 11 is 0.147. The van der Waals surface area contributed by atoms with Crippen LogP contribution in [0.4, 0.5) is 22.9 Å². The van der Waals surface area contributed by atoms with Gasteiger partial charge in [0.2, 0.25) is 0 Å². The average Bonchev–Trinajstić information content (AvgIpc) is 3.43. The van der Waals surface area contributed by atoms with E-state index in [0.717, 1.165) is 0 Å². The molecule has 1 amide bonds. The number of halogens is 4. The van der Waals surface area contributed by atoms with Crippen LogP contribution in [-0.4, -0.2) is 71.9 Å². The highest BCUT2D eigenvalue weighted by Crippen LogP contribution is 2.29. The van der Waals surface area contributed by atoms with Crippen molar-refractivity contribution in [3.63, 3.8) is 0 Å². The van der Waals surface area contributed by atoms with Crippen LogP contribution in [0.15, 0.2) is 53.6 Å². The second-order valence-corrected chi connectivity index (χ2v) is 17.7. The van der Waals surface area contributed by atoms with E-state index >= 15 is 0 Å². The van der Waals surface area contributed by atoms with Crippen LogP contribution in [0.3, 0.4) is 0 Å². The first-order chi connectivity index (χ1) is 20.7. The third-order valence-corrected chi connectivity index (χ3v) is 6.91. The van der Waals surface area contributed by atoms with Gasteiger partial charge in [-0.05, 0) is 45.2 Å². The minimum Gasteiger partial charge on any atom is -0.444 e. The molecule has 15 heteroatoms. The zero-order valence-corrected chi connectivity index (χ0v) is 28.2. The van der Waals surface area contributed by atoms with E-state index in [9.17, 15) is 21.9 Å². The Bertz CT molecular complexity index is 1670. The summed E-state index contributed by atoms with van der Waals surface area (Å²) in [4.78, 5) is 32.0. The SMILES string of the molecule is CC(C)(C)OC(=O)N1CCC(n2cc3c(NCc4cccc(C(F)(F)CO)c4)nc4ccnn4c3cc2=O)CC1.[CH3][Al]([F])[I]. The molecule has 1 aliphatic heterocycles. The quantitative estimate of drug-likeness (QED) is 0.189. The van der Waals surface area contributed by atoms with E-state index in [4.69, 9.17) is 9.84 Å². The lowest BCUT2D eigenvalue weighted by atomic mass is 10.0. The second kappa shape index (κ2) is 14.1. The number of ether oxygens (including phenoxy) is 1. The minimum absolute atomic E-state index is 0.130. The third-order valence-electron chi connectivity index (χ3n) is 6.91. The Kier molecular flexibility index (Phi) is 10.9. The molecule has 0 spiro atoms. The van der Waals surface area contributed by atoms with Crippen LogP contribution < -0.4 is 10.9 Å². The van der Waals surface area contributed by atoms with Crippen LogP contribution in [0, 0.1) is 0 Å². The van der Waals surface area contributed by atoms with Crippen molar-refractivity contribution in [2.75, 3.05) is 25.0 Å². The van der Waals surface area contributed by atoms with Gasteiger partial charge in [-0.2, -0.15) is 34.2 Å². The largest absolute Gasteiger partial charge is 0.594 e. The summed E-state index contributed by atoms with van der Waals surface area (Å²) in [5, 5.41) is 17.2. The third kappa shape index (κ3) is 8.44. The first kappa shape index (κ1) is 34.0. The number of aliphatic hydroxyl groups is 1. The molecule has 0 saturated carbocycles. The number of piperidine rings is 1. The van der Waals surface area contributed by atoms with E-state index in [1.165, 1.54) is 24.3 Å². The van der Waals surface area contributed by atoms with Gasteiger partial charge in [-0.25, -0.2) is 14.3 Å². The summed E-state index contributed by atoms with van der Waals surface area (Å²) in [6.45, 7) is 5.30. The number of likely N-dealkylation sites (tertiary alicyclic amines) is 1.